The van der Waals surface area contributed by atoms with E-state index in [1.165, 1.54) is 11.8 Å². The van der Waals surface area contributed by atoms with Gasteiger partial charge < -0.3 is 10.6 Å². The number of carbonyl (C=O) groups is 1. The maximum atomic E-state index is 11.0. The van der Waals surface area contributed by atoms with Crippen LogP contribution in [0.25, 0.3) is 10.6 Å². The number of rotatable bonds is 7. The second kappa shape index (κ2) is 7.72. The highest BCUT2D eigenvalue weighted by Gasteiger charge is 2.08. The van der Waals surface area contributed by atoms with E-state index in [-0.39, 0.29) is 5.91 Å². The molecular weight excluding hydrogens is 346 g/mol. The van der Waals surface area contributed by atoms with Crippen LogP contribution in [0.15, 0.2) is 35.0 Å². The lowest BCUT2D eigenvalue weighted by atomic mass is 10.3. The monoisotopic (exact) mass is 363 g/mol. The number of hydrogen-bond donors (Lipinski definition) is 2. The van der Waals surface area contributed by atoms with Crippen LogP contribution in [-0.4, -0.2) is 17.4 Å². The zero-order valence-corrected chi connectivity index (χ0v) is 15.1. The Kier molecular flexibility index (Phi) is 5.43. The van der Waals surface area contributed by atoms with Gasteiger partial charge in [-0.15, -0.1) is 34.0 Å². The molecule has 2 N–H and O–H groups in total. The van der Waals surface area contributed by atoms with Gasteiger partial charge in [-0.05, 0) is 30.0 Å². The van der Waals surface area contributed by atoms with Crippen molar-refractivity contribution in [1.29, 1.82) is 0 Å². The Morgan fingerprint density at radius 2 is 2.13 bits per heavy atom. The molecule has 0 unspecified atom stereocenters. The molecule has 0 saturated heterocycles. The van der Waals surface area contributed by atoms with Crippen LogP contribution < -0.4 is 10.6 Å². The summed E-state index contributed by atoms with van der Waals surface area (Å²) in [6.45, 7) is 3.00. The second-order valence-corrected chi connectivity index (χ2v) is 8.03. The largest absolute Gasteiger partial charge is 0.361 e. The summed E-state index contributed by atoms with van der Waals surface area (Å²) in [5, 5.41) is 11.3. The summed E-state index contributed by atoms with van der Waals surface area (Å²) in [4.78, 5) is 19.3. The molecule has 7 heteroatoms. The van der Waals surface area contributed by atoms with Crippen LogP contribution in [0.4, 0.5) is 5.13 Å². The van der Waals surface area contributed by atoms with Crippen LogP contribution in [0.3, 0.4) is 0 Å². The highest BCUT2D eigenvalue weighted by atomic mass is 32.1. The van der Waals surface area contributed by atoms with Gasteiger partial charge in [-0.1, -0.05) is 6.07 Å². The third kappa shape index (κ3) is 4.63. The van der Waals surface area contributed by atoms with E-state index in [2.05, 4.69) is 44.6 Å². The van der Waals surface area contributed by atoms with Crippen LogP contribution >= 0.6 is 34.0 Å². The Balaban J connectivity index is 1.55. The van der Waals surface area contributed by atoms with E-state index >= 15 is 0 Å². The predicted molar refractivity (Wildman–Crippen MR) is 99.5 cm³/mol. The SMILES string of the molecule is CC(=O)NCc1ccc(-c2csc(NCCc3cccs3)n2)s1. The molecule has 0 aliphatic carbocycles. The van der Waals surface area contributed by atoms with Gasteiger partial charge in [0.25, 0.3) is 0 Å². The minimum atomic E-state index is -0.00849. The van der Waals surface area contributed by atoms with Crippen molar-refractivity contribution < 1.29 is 4.79 Å². The van der Waals surface area contributed by atoms with Gasteiger partial charge >= 0.3 is 0 Å². The quantitative estimate of drug-likeness (QED) is 0.661. The fourth-order valence-corrected chi connectivity index (χ4v) is 4.47. The van der Waals surface area contributed by atoms with Crippen LogP contribution in [0.1, 0.15) is 16.7 Å². The summed E-state index contributed by atoms with van der Waals surface area (Å²) < 4.78 is 0. The molecule has 3 aromatic heterocycles. The van der Waals surface area contributed by atoms with Crippen LogP contribution in [0.2, 0.25) is 0 Å². The number of thiophene rings is 2. The van der Waals surface area contributed by atoms with Crippen molar-refractivity contribution in [3.8, 4) is 10.6 Å². The lowest BCUT2D eigenvalue weighted by molar-refractivity contribution is -0.119. The van der Waals surface area contributed by atoms with Gasteiger partial charge in [-0.3, -0.25) is 4.79 Å². The number of nitrogens with one attached hydrogen (secondary N) is 2. The lowest BCUT2D eigenvalue weighted by Gasteiger charge is -2.00. The molecule has 0 aliphatic rings. The van der Waals surface area contributed by atoms with E-state index in [1.807, 2.05) is 6.07 Å². The predicted octanol–water partition coefficient (Wildman–Crippen LogP) is 4.22. The molecular formula is C16H17N3OS3. The third-order valence-electron chi connectivity index (χ3n) is 3.16. The summed E-state index contributed by atoms with van der Waals surface area (Å²) in [7, 11) is 0. The Labute approximate surface area is 147 Å². The van der Waals surface area contributed by atoms with Crippen molar-refractivity contribution in [3.63, 3.8) is 0 Å². The molecule has 120 valence electrons. The number of nitrogens with zero attached hydrogens (tertiary/aromatic N) is 1. The van der Waals surface area contributed by atoms with Crippen molar-refractivity contribution in [2.75, 3.05) is 11.9 Å². The summed E-state index contributed by atoms with van der Waals surface area (Å²) in [5.74, 6) is -0.00849. The molecule has 0 spiro atoms. The number of carbonyl (C=O) groups excluding carboxylic acids is 1. The zero-order valence-electron chi connectivity index (χ0n) is 12.7. The molecule has 3 heterocycles. The van der Waals surface area contributed by atoms with Gasteiger partial charge in [-0.2, -0.15) is 0 Å². The van der Waals surface area contributed by atoms with Crippen molar-refractivity contribution in [3.05, 3.63) is 44.8 Å². The molecule has 0 radical (unpaired) electrons. The summed E-state index contributed by atoms with van der Waals surface area (Å²) in [5.41, 5.74) is 0.993. The van der Waals surface area contributed by atoms with Crippen molar-refractivity contribution in [2.45, 2.75) is 19.9 Å². The molecule has 1 amide bonds. The minimum Gasteiger partial charge on any atom is -0.361 e. The van der Waals surface area contributed by atoms with Gasteiger partial charge in [0.2, 0.25) is 5.91 Å². The molecule has 0 saturated carbocycles. The van der Waals surface area contributed by atoms with Crippen molar-refractivity contribution in [2.24, 2.45) is 0 Å². The smallest absolute Gasteiger partial charge is 0.217 e. The van der Waals surface area contributed by atoms with Gasteiger partial charge in [-0.25, -0.2) is 4.98 Å². The van der Waals surface area contributed by atoms with E-state index in [0.29, 0.717) is 6.54 Å². The fourth-order valence-electron chi connectivity index (χ4n) is 2.04. The normalized spacial score (nSPS) is 10.7. The summed E-state index contributed by atoms with van der Waals surface area (Å²) in [6.07, 6.45) is 1.02. The highest BCUT2D eigenvalue weighted by molar-refractivity contribution is 7.17. The molecule has 0 aromatic carbocycles. The number of hydrogen-bond acceptors (Lipinski definition) is 6. The molecule has 4 nitrogen and oxygen atoms in total. The molecule has 0 fully saturated rings. The third-order valence-corrected chi connectivity index (χ3v) is 6.00. The first-order chi connectivity index (χ1) is 11.2. The average molecular weight is 364 g/mol. The van der Waals surface area contributed by atoms with Crippen LogP contribution in [0.5, 0.6) is 0 Å². The molecule has 0 bridgehead atoms. The molecule has 3 aromatic rings. The Hall–Kier alpha value is -1.70. The number of thiazole rings is 1. The zero-order chi connectivity index (χ0) is 16.1. The number of aromatic nitrogens is 1. The topological polar surface area (TPSA) is 54.0 Å². The maximum Gasteiger partial charge on any atom is 0.217 e. The number of amides is 1. The summed E-state index contributed by atoms with van der Waals surface area (Å²) >= 11 is 5.08. The van der Waals surface area contributed by atoms with Gasteiger partial charge in [0, 0.05) is 28.6 Å². The first kappa shape index (κ1) is 16.2. The van der Waals surface area contributed by atoms with Crippen molar-refractivity contribution >= 4 is 45.0 Å². The molecule has 3 rings (SSSR count). The van der Waals surface area contributed by atoms with E-state index in [4.69, 9.17) is 0 Å². The van der Waals surface area contributed by atoms with Gasteiger partial charge in [0.15, 0.2) is 5.13 Å². The lowest BCUT2D eigenvalue weighted by Crippen LogP contribution is -2.17. The van der Waals surface area contributed by atoms with Crippen LogP contribution in [0, 0.1) is 0 Å². The van der Waals surface area contributed by atoms with Gasteiger partial charge in [0.05, 0.1) is 17.1 Å². The fraction of sp³-hybridized carbons (Fsp3) is 0.250. The van der Waals surface area contributed by atoms with Crippen molar-refractivity contribution in [1.82, 2.24) is 10.3 Å². The van der Waals surface area contributed by atoms with E-state index in [9.17, 15) is 4.79 Å². The first-order valence-electron chi connectivity index (χ1n) is 7.26. The first-order valence-corrected chi connectivity index (χ1v) is 9.83. The Morgan fingerprint density at radius 1 is 1.22 bits per heavy atom. The van der Waals surface area contributed by atoms with E-state index < -0.39 is 0 Å². The maximum absolute atomic E-state index is 11.0. The minimum absolute atomic E-state index is 0.00849. The summed E-state index contributed by atoms with van der Waals surface area (Å²) in [6, 6.07) is 8.34. The molecule has 23 heavy (non-hydrogen) atoms. The Morgan fingerprint density at radius 3 is 2.91 bits per heavy atom. The van der Waals surface area contributed by atoms with Crippen LogP contribution in [-0.2, 0) is 17.8 Å². The molecule has 0 aliphatic heterocycles. The Bertz CT molecular complexity index is 761. The molecule has 0 atom stereocenters. The number of anilines is 1. The van der Waals surface area contributed by atoms with E-state index in [0.717, 1.165) is 33.5 Å². The standard InChI is InChI=1S/C16H17N3OS3/c1-11(20)18-9-13-4-5-15(23-13)14-10-22-16(19-14)17-7-6-12-3-2-8-21-12/h2-5,8,10H,6-7,9H2,1H3,(H,17,19)(H,18,20). The van der Waals surface area contributed by atoms with Gasteiger partial charge in [0.1, 0.15) is 0 Å². The average Bonchev–Trinajstić information content (AvgIpc) is 3.26. The van der Waals surface area contributed by atoms with E-state index in [1.54, 1.807) is 34.0 Å². The second-order valence-electron chi connectivity index (χ2n) is 4.97. The highest BCUT2D eigenvalue weighted by Crippen LogP contribution is 2.30.